The van der Waals surface area contributed by atoms with Gasteiger partial charge in [0.2, 0.25) is 0 Å². The minimum Gasteiger partial charge on any atom is -0.397 e. The summed E-state index contributed by atoms with van der Waals surface area (Å²) < 4.78 is 0. The van der Waals surface area contributed by atoms with E-state index in [2.05, 4.69) is 18.3 Å². The van der Waals surface area contributed by atoms with Crippen LogP contribution in [-0.2, 0) is 0 Å². The van der Waals surface area contributed by atoms with E-state index in [1.54, 1.807) is 0 Å². The second kappa shape index (κ2) is 4.56. The molecule has 0 aromatic heterocycles. The molecular weight excluding hydrogens is 184 g/mol. The molecule has 0 spiro atoms. The number of nitrogens with two attached hydrogens (primary N) is 1. The molecule has 0 unspecified atom stereocenters. The normalized spacial score (nSPS) is 15.3. The smallest absolute Gasteiger partial charge is 0.0603 e. The van der Waals surface area contributed by atoms with Crippen molar-refractivity contribution < 1.29 is 0 Å². The lowest BCUT2D eigenvalue weighted by molar-refractivity contribution is 0.687. The van der Waals surface area contributed by atoms with Crippen molar-refractivity contribution >= 4 is 11.4 Å². The van der Waals surface area contributed by atoms with Gasteiger partial charge < -0.3 is 11.1 Å². The number of para-hydroxylation sites is 1. The minimum absolute atomic E-state index is 0.862. The predicted molar refractivity (Wildman–Crippen MR) is 66.0 cm³/mol. The summed E-state index contributed by atoms with van der Waals surface area (Å²) in [4.78, 5) is 0. The van der Waals surface area contributed by atoms with Crippen molar-refractivity contribution in [2.75, 3.05) is 17.6 Å². The molecule has 2 nitrogen and oxygen atoms in total. The maximum absolute atomic E-state index is 5.91. The zero-order chi connectivity index (χ0) is 10.7. The Hall–Kier alpha value is -1.18. The average molecular weight is 204 g/mol. The van der Waals surface area contributed by atoms with E-state index in [1.165, 1.54) is 31.2 Å². The van der Waals surface area contributed by atoms with Crippen LogP contribution >= 0.6 is 0 Å². The lowest BCUT2D eigenvalue weighted by Gasteiger charge is -2.11. The Kier molecular flexibility index (Phi) is 3.14. The van der Waals surface area contributed by atoms with Gasteiger partial charge >= 0.3 is 0 Å². The van der Waals surface area contributed by atoms with E-state index in [0.717, 1.165) is 23.8 Å². The summed E-state index contributed by atoms with van der Waals surface area (Å²) >= 11 is 0. The molecule has 0 radical (unpaired) electrons. The van der Waals surface area contributed by atoms with Crippen LogP contribution < -0.4 is 11.1 Å². The number of rotatable bonds is 5. The quantitative estimate of drug-likeness (QED) is 0.571. The first-order valence-corrected chi connectivity index (χ1v) is 5.86. The summed E-state index contributed by atoms with van der Waals surface area (Å²) in [5.41, 5.74) is 9.13. The van der Waals surface area contributed by atoms with Gasteiger partial charge in [0.15, 0.2) is 0 Å². The van der Waals surface area contributed by atoms with Crippen molar-refractivity contribution in [3.05, 3.63) is 23.8 Å². The molecule has 1 saturated carbocycles. The van der Waals surface area contributed by atoms with Crippen molar-refractivity contribution in [2.24, 2.45) is 5.92 Å². The fraction of sp³-hybridized carbons (Fsp3) is 0.538. The van der Waals surface area contributed by atoms with Crippen LogP contribution in [0.3, 0.4) is 0 Å². The van der Waals surface area contributed by atoms with E-state index in [1.807, 2.05) is 12.1 Å². The first-order valence-electron chi connectivity index (χ1n) is 5.86. The van der Waals surface area contributed by atoms with Crippen molar-refractivity contribution in [3.8, 4) is 0 Å². The van der Waals surface area contributed by atoms with E-state index >= 15 is 0 Å². The monoisotopic (exact) mass is 204 g/mol. The lowest BCUT2D eigenvalue weighted by Crippen LogP contribution is -2.05. The highest BCUT2D eigenvalue weighted by Crippen LogP contribution is 2.33. The molecule has 82 valence electrons. The number of aryl methyl sites for hydroxylation is 1. The zero-order valence-electron chi connectivity index (χ0n) is 9.42. The van der Waals surface area contributed by atoms with Gasteiger partial charge in [0.05, 0.1) is 11.4 Å². The maximum atomic E-state index is 5.91. The van der Waals surface area contributed by atoms with E-state index < -0.39 is 0 Å². The molecular formula is C13H20N2. The van der Waals surface area contributed by atoms with E-state index in [-0.39, 0.29) is 0 Å². The summed E-state index contributed by atoms with van der Waals surface area (Å²) in [7, 11) is 0. The summed E-state index contributed by atoms with van der Waals surface area (Å²) in [6.45, 7) is 3.14. The molecule has 2 rings (SSSR count). The van der Waals surface area contributed by atoms with Crippen LogP contribution in [-0.4, -0.2) is 6.54 Å². The number of anilines is 2. The van der Waals surface area contributed by atoms with Gasteiger partial charge in [-0.05, 0) is 37.3 Å². The highest BCUT2D eigenvalue weighted by Gasteiger charge is 2.19. The Balaban J connectivity index is 1.80. The first-order chi connectivity index (χ1) is 7.27. The molecule has 1 fully saturated rings. The summed E-state index contributed by atoms with van der Waals surface area (Å²) in [5, 5.41) is 3.44. The fourth-order valence-corrected chi connectivity index (χ4v) is 1.94. The van der Waals surface area contributed by atoms with Crippen LogP contribution in [0.1, 0.15) is 31.2 Å². The second-order valence-electron chi connectivity index (χ2n) is 4.55. The van der Waals surface area contributed by atoms with Crippen molar-refractivity contribution in [1.82, 2.24) is 0 Å². The zero-order valence-corrected chi connectivity index (χ0v) is 9.42. The summed E-state index contributed by atoms with van der Waals surface area (Å²) in [6.07, 6.45) is 5.54. The van der Waals surface area contributed by atoms with E-state index in [9.17, 15) is 0 Å². The van der Waals surface area contributed by atoms with Gasteiger partial charge in [-0.1, -0.05) is 25.0 Å². The molecule has 1 aromatic carbocycles. The van der Waals surface area contributed by atoms with Gasteiger partial charge in [-0.15, -0.1) is 0 Å². The molecule has 15 heavy (non-hydrogen) atoms. The molecule has 0 atom stereocenters. The van der Waals surface area contributed by atoms with Gasteiger partial charge in [-0.2, -0.15) is 0 Å². The molecule has 0 amide bonds. The standard InChI is InChI=1S/C13H20N2/c1-10-4-2-6-12(14)13(10)15-9-3-5-11-7-8-11/h2,4,6,11,15H,3,5,7-9,14H2,1H3. The molecule has 0 aliphatic heterocycles. The third kappa shape index (κ3) is 2.88. The third-order valence-electron chi connectivity index (χ3n) is 3.09. The Morgan fingerprint density at radius 3 is 2.87 bits per heavy atom. The molecule has 0 heterocycles. The molecule has 1 aliphatic carbocycles. The van der Waals surface area contributed by atoms with Gasteiger partial charge in [0.1, 0.15) is 0 Å². The number of benzene rings is 1. The van der Waals surface area contributed by atoms with Crippen LogP contribution in [0.25, 0.3) is 0 Å². The molecule has 2 heteroatoms. The number of hydrogen-bond donors (Lipinski definition) is 2. The minimum atomic E-state index is 0.862. The molecule has 0 bridgehead atoms. The first kappa shape index (κ1) is 10.3. The largest absolute Gasteiger partial charge is 0.397 e. The molecule has 1 aliphatic rings. The molecule has 3 N–H and O–H groups in total. The molecule has 0 saturated heterocycles. The van der Waals surface area contributed by atoms with Crippen LogP contribution in [0.2, 0.25) is 0 Å². The summed E-state index contributed by atoms with van der Waals surface area (Å²) in [5.74, 6) is 1.03. The predicted octanol–water partition coefficient (Wildman–Crippen LogP) is 3.18. The Morgan fingerprint density at radius 1 is 1.40 bits per heavy atom. The lowest BCUT2D eigenvalue weighted by atomic mass is 10.1. The SMILES string of the molecule is Cc1cccc(N)c1NCCCC1CC1. The number of hydrogen-bond acceptors (Lipinski definition) is 2. The van der Waals surface area contributed by atoms with E-state index in [0.29, 0.717) is 0 Å². The van der Waals surface area contributed by atoms with Gasteiger partial charge in [0.25, 0.3) is 0 Å². The number of nitrogens with one attached hydrogen (secondary N) is 1. The topological polar surface area (TPSA) is 38.0 Å². The van der Waals surface area contributed by atoms with Crippen molar-refractivity contribution in [3.63, 3.8) is 0 Å². The summed E-state index contributed by atoms with van der Waals surface area (Å²) in [6, 6.07) is 6.05. The van der Waals surface area contributed by atoms with Crippen LogP contribution in [0.15, 0.2) is 18.2 Å². The highest BCUT2D eigenvalue weighted by atomic mass is 14.9. The maximum Gasteiger partial charge on any atom is 0.0603 e. The average Bonchev–Trinajstić information content (AvgIpc) is 3.00. The Bertz CT molecular complexity index is 309. The Morgan fingerprint density at radius 2 is 2.20 bits per heavy atom. The van der Waals surface area contributed by atoms with Crippen molar-refractivity contribution in [1.29, 1.82) is 0 Å². The number of nitrogen functional groups attached to an aromatic ring is 1. The molecule has 1 aromatic rings. The third-order valence-corrected chi connectivity index (χ3v) is 3.09. The van der Waals surface area contributed by atoms with Crippen molar-refractivity contribution in [2.45, 2.75) is 32.6 Å². The fourth-order valence-electron chi connectivity index (χ4n) is 1.94. The Labute approximate surface area is 91.9 Å². The highest BCUT2D eigenvalue weighted by molar-refractivity contribution is 5.69. The van der Waals surface area contributed by atoms with Gasteiger partial charge in [0, 0.05) is 6.54 Å². The van der Waals surface area contributed by atoms with Gasteiger partial charge in [-0.25, -0.2) is 0 Å². The van der Waals surface area contributed by atoms with Crippen LogP contribution in [0, 0.1) is 12.8 Å². The van der Waals surface area contributed by atoms with Crippen LogP contribution in [0.5, 0.6) is 0 Å². The van der Waals surface area contributed by atoms with Crippen LogP contribution in [0.4, 0.5) is 11.4 Å². The second-order valence-corrected chi connectivity index (χ2v) is 4.55. The van der Waals surface area contributed by atoms with Gasteiger partial charge in [-0.3, -0.25) is 0 Å². The van der Waals surface area contributed by atoms with E-state index in [4.69, 9.17) is 5.73 Å².